The lowest BCUT2D eigenvalue weighted by Gasteiger charge is -2.14. The molecule has 1 fully saturated rings. The molecule has 0 spiro atoms. The van der Waals surface area contributed by atoms with E-state index in [9.17, 15) is 9.59 Å². The van der Waals surface area contributed by atoms with Crippen LogP contribution in [0.25, 0.3) is 0 Å². The largest absolute Gasteiger partial charge is 0.394 e. The van der Waals surface area contributed by atoms with Crippen LogP contribution in [0.2, 0.25) is 0 Å². The maximum absolute atomic E-state index is 11.5. The highest BCUT2D eigenvalue weighted by Gasteiger charge is 2.26. The van der Waals surface area contributed by atoms with Crippen LogP contribution in [0.15, 0.2) is 15.8 Å². The fraction of sp³-hybridized carbons (Fsp3) is 0.600. The molecule has 0 amide bonds. The van der Waals surface area contributed by atoms with E-state index >= 15 is 0 Å². The Morgan fingerprint density at radius 2 is 2.31 bits per heavy atom. The van der Waals surface area contributed by atoms with Crippen LogP contribution < -0.4 is 11.2 Å². The minimum absolute atomic E-state index is 0.0480. The molecule has 0 aliphatic carbocycles. The van der Waals surface area contributed by atoms with Gasteiger partial charge in [-0.25, -0.2) is 4.79 Å². The van der Waals surface area contributed by atoms with E-state index in [1.165, 1.54) is 10.8 Å². The first kappa shape index (κ1) is 11.1. The predicted octanol–water partition coefficient (Wildman–Crippen LogP) is -0.485. The average Bonchev–Trinajstić information content (AvgIpc) is 2.71. The van der Waals surface area contributed by atoms with Crippen LogP contribution in [0.5, 0.6) is 0 Å². The fourth-order valence-corrected chi connectivity index (χ4v) is 1.83. The first-order valence-electron chi connectivity index (χ1n) is 5.20. The Balaban J connectivity index is 2.32. The van der Waals surface area contributed by atoms with Gasteiger partial charge >= 0.3 is 5.69 Å². The van der Waals surface area contributed by atoms with Crippen LogP contribution in [0.3, 0.4) is 0 Å². The van der Waals surface area contributed by atoms with Gasteiger partial charge in [-0.3, -0.25) is 14.3 Å². The second kappa shape index (κ2) is 4.23. The van der Waals surface area contributed by atoms with E-state index in [1.807, 2.05) is 0 Å². The van der Waals surface area contributed by atoms with E-state index in [2.05, 4.69) is 4.98 Å². The Hall–Kier alpha value is -1.40. The summed E-state index contributed by atoms with van der Waals surface area (Å²) in [5.74, 6) is 0. The van der Waals surface area contributed by atoms with Crippen LogP contribution in [0, 0.1) is 6.92 Å². The second-order valence-corrected chi connectivity index (χ2v) is 3.95. The Bertz CT molecular complexity index is 490. The molecule has 6 nitrogen and oxygen atoms in total. The molecule has 88 valence electrons. The van der Waals surface area contributed by atoms with Crippen LogP contribution in [-0.4, -0.2) is 27.4 Å². The van der Waals surface area contributed by atoms with Crippen molar-refractivity contribution in [3.8, 4) is 0 Å². The van der Waals surface area contributed by atoms with Crippen molar-refractivity contribution in [2.24, 2.45) is 0 Å². The molecule has 1 aliphatic heterocycles. The number of aromatic nitrogens is 2. The average molecular weight is 226 g/mol. The molecular formula is C10H14N2O4. The highest BCUT2D eigenvalue weighted by Crippen LogP contribution is 2.26. The van der Waals surface area contributed by atoms with Gasteiger partial charge in [-0.15, -0.1) is 0 Å². The van der Waals surface area contributed by atoms with E-state index in [0.717, 1.165) is 0 Å². The lowest BCUT2D eigenvalue weighted by molar-refractivity contribution is -0.0247. The van der Waals surface area contributed by atoms with Gasteiger partial charge in [-0.2, -0.15) is 0 Å². The monoisotopic (exact) mass is 226 g/mol. The molecular weight excluding hydrogens is 212 g/mol. The molecule has 2 heterocycles. The fourth-order valence-electron chi connectivity index (χ4n) is 1.83. The summed E-state index contributed by atoms with van der Waals surface area (Å²) in [6.45, 7) is 1.58. The first-order chi connectivity index (χ1) is 7.61. The van der Waals surface area contributed by atoms with Gasteiger partial charge in [0.05, 0.1) is 12.7 Å². The van der Waals surface area contributed by atoms with Crippen molar-refractivity contribution in [2.75, 3.05) is 6.61 Å². The number of rotatable bonds is 2. The molecule has 0 bridgehead atoms. The zero-order valence-electron chi connectivity index (χ0n) is 8.97. The number of H-pyrrole nitrogens is 1. The SMILES string of the molecule is Cc1cn([C@@H]2CCC(CO)O2)c(=O)[nH]c1=O. The molecule has 1 unspecified atom stereocenters. The summed E-state index contributed by atoms with van der Waals surface area (Å²) in [6.07, 6.45) is 2.26. The molecule has 1 aromatic rings. The van der Waals surface area contributed by atoms with Crippen molar-refractivity contribution in [1.82, 2.24) is 9.55 Å². The number of ether oxygens (including phenoxy) is 1. The van der Waals surface area contributed by atoms with Crippen molar-refractivity contribution in [3.05, 3.63) is 32.6 Å². The number of hydrogen-bond acceptors (Lipinski definition) is 4. The van der Waals surface area contributed by atoms with Gasteiger partial charge in [0.15, 0.2) is 0 Å². The first-order valence-corrected chi connectivity index (χ1v) is 5.20. The lowest BCUT2D eigenvalue weighted by atomic mass is 10.2. The molecule has 1 saturated heterocycles. The Morgan fingerprint density at radius 3 is 2.94 bits per heavy atom. The normalized spacial score (nSPS) is 24.9. The van der Waals surface area contributed by atoms with Crippen molar-refractivity contribution in [1.29, 1.82) is 0 Å². The number of aromatic amines is 1. The summed E-state index contributed by atoms with van der Waals surface area (Å²) in [7, 11) is 0. The quantitative estimate of drug-likeness (QED) is 0.713. The predicted molar refractivity (Wildman–Crippen MR) is 56.3 cm³/mol. The van der Waals surface area contributed by atoms with Gasteiger partial charge in [0.1, 0.15) is 6.23 Å². The van der Waals surface area contributed by atoms with Gasteiger partial charge < -0.3 is 9.84 Å². The molecule has 1 aliphatic rings. The van der Waals surface area contributed by atoms with Gasteiger partial charge in [-0.1, -0.05) is 0 Å². The van der Waals surface area contributed by atoms with Gasteiger partial charge in [-0.05, 0) is 19.8 Å². The maximum atomic E-state index is 11.5. The number of hydrogen-bond donors (Lipinski definition) is 2. The lowest BCUT2D eigenvalue weighted by Crippen LogP contribution is -2.33. The topological polar surface area (TPSA) is 84.3 Å². The Labute approximate surface area is 91.5 Å². The molecule has 2 atom stereocenters. The Morgan fingerprint density at radius 1 is 1.56 bits per heavy atom. The van der Waals surface area contributed by atoms with Crippen LogP contribution in [-0.2, 0) is 4.74 Å². The molecule has 0 saturated carbocycles. The second-order valence-electron chi connectivity index (χ2n) is 3.95. The number of nitrogens with zero attached hydrogens (tertiary/aromatic N) is 1. The molecule has 0 aromatic carbocycles. The third-order valence-electron chi connectivity index (χ3n) is 2.74. The third-order valence-corrected chi connectivity index (χ3v) is 2.74. The molecule has 1 aromatic heterocycles. The third kappa shape index (κ3) is 1.94. The summed E-state index contributed by atoms with van der Waals surface area (Å²) >= 11 is 0. The van der Waals surface area contributed by atoms with Crippen molar-refractivity contribution < 1.29 is 9.84 Å². The van der Waals surface area contributed by atoms with Crippen LogP contribution >= 0.6 is 0 Å². The summed E-state index contributed by atoms with van der Waals surface area (Å²) in [4.78, 5) is 24.9. The Kier molecular flexibility index (Phi) is 2.93. The molecule has 6 heteroatoms. The van der Waals surface area contributed by atoms with E-state index in [-0.39, 0.29) is 24.5 Å². The molecule has 0 radical (unpaired) electrons. The minimum Gasteiger partial charge on any atom is -0.394 e. The summed E-state index contributed by atoms with van der Waals surface area (Å²) in [5, 5.41) is 8.93. The van der Waals surface area contributed by atoms with Crippen molar-refractivity contribution in [3.63, 3.8) is 0 Å². The molecule has 2 rings (SSSR count). The zero-order valence-corrected chi connectivity index (χ0v) is 8.97. The number of aryl methyl sites for hydroxylation is 1. The maximum Gasteiger partial charge on any atom is 0.330 e. The highest BCUT2D eigenvalue weighted by molar-refractivity contribution is 5.01. The van der Waals surface area contributed by atoms with E-state index in [4.69, 9.17) is 9.84 Å². The number of aliphatic hydroxyl groups is 1. The van der Waals surface area contributed by atoms with Crippen molar-refractivity contribution >= 4 is 0 Å². The molecule has 16 heavy (non-hydrogen) atoms. The summed E-state index contributed by atoms with van der Waals surface area (Å²) in [5.41, 5.74) is -0.382. The van der Waals surface area contributed by atoms with Gasteiger partial charge in [0, 0.05) is 11.8 Å². The number of aliphatic hydroxyl groups excluding tert-OH is 1. The summed E-state index contributed by atoms with van der Waals surface area (Å²) < 4.78 is 6.83. The standard InChI is InChI=1S/C10H14N2O4/c1-6-4-12(10(15)11-9(6)14)8-3-2-7(5-13)16-8/h4,7-8,13H,2-3,5H2,1H3,(H,11,14,15)/t7?,8-/m0/s1. The van der Waals surface area contributed by atoms with E-state index in [0.29, 0.717) is 18.4 Å². The number of nitrogens with one attached hydrogen (secondary N) is 1. The van der Waals surface area contributed by atoms with Gasteiger partial charge in [0.25, 0.3) is 5.56 Å². The van der Waals surface area contributed by atoms with Crippen LogP contribution in [0.4, 0.5) is 0 Å². The van der Waals surface area contributed by atoms with Crippen LogP contribution in [0.1, 0.15) is 24.6 Å². The highest BCUT2D eigenvalue weighted by atomic mass is 16.5. The van der Waals surface area contributed by atoms with E-state index < -0.39 is 5.69 Å². The zero-order chi connectivity index (χ0) is 11.7. The summed E-state index contributed by atoms with van der Waals surface area (Å²) in [6, 6.07) is 0. The smallest absolute Gasteiger partial charge is 0.330 e. The molecule has 2 N–H and O–H groups in total. The van der Waals surface area contributed by atoms with Crippen molar-refractivity contribution in [2.45, 2.75) is 32.1 Å². The van der Waals surface area contributed by atoms with Gasteiger partial charge in [0.2, 0.25) is 0 Å². The van der Waals surface area contributed by atoms with E-state index in [1.54, 1.807) is 6.92 Å². The minimum atomic E-state index is -0.473.